The maximum absolute atomic E-state index is 13.0. The lowest BCUT2D eigenvalue weighted by Crippen LogP contribution is -2.27. The van der Waals surface area contributed by atoms with Gasteiger partial charge in [-0.05, 0) is 11.6 Å². The van der Waals surface area contributed by atoms with Crippen molar-refractivity contribution in [3.05, 3.63) is 34.9 Å². The third-order valence-electron chi connectivity index (χ3n) is 2.67. The SMILES string of the molecule is CC(C)([Si]F)c1cccc2c1C(=O)NC2=O. The molecule has 1 aliphatic rings. The molecule has 0 fully saturated rings. The number of rotatable bonds is 2. The molecule has 1 aromatic carbocycles. The van der Waals surface area contributed by atoms with Gasteiger partial charge >= 0.3 is 9.85 Å². The zero-order valence-corrected chi connectivity index (χ0v) is 9.93. The first kappa shape index (κ1) is 11.0. The highest BCUT2D eigenvalue weighted by Crippen LogP contribution is 2.30. The smallest absolute Gasteiger partial charge is 0.305 e. The van der Waals surface area contributed by atoms with Crippen LogP contribution in [0.15, 0.2) is 18.2 Å². The number of fused-ring (bicyclic) bond motifs is 1. The lowest BCUT2D eigenvalue weighted by Gasteiger charge is -2.21. The van der Waals surface area contributed by atoms with E-state index in [4.69, 9.17) is 0 Å². The fourth-order valence-corrected chi connectivity index (χ4v) is 2.10. The maximum Gasteiger partial charge on any atom is 0.305 e. The molecule has 0 unspecified atom stereocenters. The molecule has 0 bridgehead atoms. The Bertz CT molecular complexity index is 485. The van der Waals surface area contributed by atoms with Gasteiger partial charge in [0.25, 0.3) is 11.8 Å². The summed E-state index contributed by atoms with van der Waals surface area (Å²) in [5.74, 6) is -0.832. The topological polar surface area (TPSA) is 46.2 Å². The molecule has 1 aromatic rings. The summed E-state index contributed by atoms with van der Waals surface area (Å²) in [4.78, 5) is 23.0. The standard InChI is InChI=1S/C11H10FNO2Si/c1-11(2,16-12)7-5-3-4-6-8(7)10(15)13-9(6)14/h3-5H,1-2H3,(H,13,14,15). The van der Waals surface area contributed by atoms with Crippen LogP contribution in [0.5, 0.6) is 0 Å². The molecule has 2 amide bonds. The number of imide groups is 1. The number of amides is 2. The molecule has 0 saturated carbocycles. The zero-order chi connectivity index (χ0) is 11.9. The van der Waals surface area contributed by atoms with Crippen molar-refractivity contribution in [2.45, 2.75) is 18.9 Å². The number of halogens is 1. The number of carbonyl (C=O) groups excluding carboxylic acids is 2. The number of hydrogen-bond acceptors (Lipinski definition) is 2. The maximum atomic E-state index is 13.0. The molecule has 0 aliphatic carbocycles. The Morgan fingerprint density at radius 2 is 1.94 bits per heavy atom. The van der Waals surface area contributed by atoms with E-state index in [2.05, 4.69) is 5.32 Å². The Kier molecular flexibility index (Phi) is 2.42. The summed E-state index contributed by atoms with van der Waals surface area (Å²) >= 11 is 0. The third kappa shape index (κ3) is 1.48. The molecule has 0 spiro atoms. The van der Waals surface area contributed by atoms with Crippen molar-refractivity contribution in [1.29, 1.82) is 0 Å². The van der Waals surface area contributed by atoms with Gasteiger partial charge in [-0.3, -0.25) is 14.9 Å². The summed E-state index contributed by atoms with van der Waals surface area (Å²) in [5, 5.41) is 1.49. The van der Waals surface area contributed by atoms with Crippen molar-refractivity contribution in [2.75, 3.05) is 0 Å². The molecule has 0 aromatic heterocycles. The quantitative estimate of drug-likeness (QED) is 0.478. The highest BCUT2D eigenvalue weighted by Gasteiger charge is 2.35. The molecular weight excluding hydrogens is 225 g/mol. The summed E-state index contributed by atoms with van der Waals surface area (Å²) in [6.07, 6.45) is 0. The van der Waals surface area contributed by atoms with E-state index < -0.39 is 26.7 Å². The van der Waals surface area contributed by atoms with E-state index in [-0.39, 0.29) is 0 Å². The molecular formula is C11H10FNO2Si. The molecule has 2 rings (SSSR count). The summed E-state index contributed by atoms with van der Waals surface area (Å²) in [6.45, 7) is 3.44. The van der Waals surface area contributed by atoms with Crippen molar-refractivity contribution in [3.8, 4) is 0 Å². The van der Waals surface area contributed by atoms with Gasteiger partial charge in [0, 0.05) is 5.04 Å². The van der Waals surface area contributed by atoms with Crippen LogP contribution in [0.1, 0.15) is 40.1 Å². The van der Waals surface area contributed by atoms with Crippen LogP contribution in [-0.4, -0.2) is 21.7 Å². The van der Waals surface area contributed by atoms with Crippen LogP contribution >= 0.6 is 0 Å². The third-order valence-corrected chi connectivity index (χ3v) is 3.41. The summed E-state index contributed by atoms with van der Waals surface area (Å²) in [6, 6.07) is 4.95. The van der Waals surface area contributed by atoms with E-state index >= 15 is 0 Å². The van der Waals surface area contributed by atoms with Crippen LogP contribution in [0.3, 0.4) is 0 Å². The molecule has 16 heavy (non-hydrogen) atoms. The van der Waals surface area contributed by atoms with Crippen molar-refractivity contribution in [3.63, 3.8) is 0 Å². The van der Waals surface area contributed by atoms with Gasteiger partial charge in [0.2, 0.25) is 0 Å². The Labute approximate surface area is 95.0 Å². The lowest BCUT2D eigenvalue weighted by molar-refractivity contribution is 0.0879. The van der Waals surface area contributed by atoms with Gasteiger partial charge in [0.1, 0.15) is 0 Å². The van der Waals surface area contributed by atoms with Crippen LogP contribution in [0.25, 0.3) is 0 Å². The van der Waals surface area contributed by atoms with Gasteiger partial charge in [0.05, 0.1) is 11.1 Å². The highest BCUT2D eigenvalue weighted by molar-refractivity contribution is 6.32. The Balaban J connectivity index is 2.67. The minimum Gasteiger partial charge on any atom is -0.314 e. The predicted octanol–water partition coefficient (Wildman–Crippen LogP) is 1.39. The largest absolute Gasteiger partial charge is 0.314 e. The summed E-state index contributed by atoms with van der Waals surface area (Å²) in [7, 11) is -0.824. The van der Waals surface area contributed by atoms with E-state index in [9.17, 15) is 13.7 Å². The summed E-state index contributed by atoms with van der Waals surface area (Å²) < 4.78 is 13.0. The second-order valence-corrected chi connectivity index (χ2v) is 5.67. The fourth-order valence-electron chi connectivity index (χ4n) is 1.79. The first-order valence-corrected chi connectivity index (χ1v) is 5.72. The number of benzene rings is 1. The minimum absolute atomic E-state index is 0.322. The monoisotopic (exact) mass is 235 g/mol. The minimum atomic E-state index is -0.824. The van der Waals surface area contributed by atoms with Crippen LogP contribution in [0, 0.1) is 0 Å². The molecule has 82 valence electrons. The van der Waals surface area contributed by atoms with Crippen LogP contribution in [0.4, 0.5) is 4.11 Å². The van der Waals surface area contributed by atoms with E-state index in [1.54, 1.807) is 32.0 Å². The lowest BCUT2D eigenvalue weighted by atomic mass is 9.93. The van der Waals surface area contributed by atoms with Gasteiger partial charge in [-0.15, -0.1) is 0 Å². The fraction of sp³-hybridized carbons (Fsp3) is 0.273. The summed E-state index contributed by atoms with van der Waals surface area (Å²) in [5.41, 5.74) is 1.26. The second-order valence-electron chi connectivity index (χ2n) is 4.23. The normalized spacial score (nSPS) is 14.9. The van der Waals surface area contributed by atoms with E-state index in [0.29, 0.717) is 16.7 Å². The molecule has 1 N–H and O–H groups in total. The van der Waals surface area contributed by atoms with E-state index in [0.717, 1.165) is 0 Å². The first-order chi connectivity index (χ1) is 7.47. The Morgan fingerprint density at radius 3 is 2.56 bits per heavy atom. The van der Waals surface area contributed by atoms with Gasteiger partial charge in [0.15, 0.2) is 0 Å². The second kappa shape index (κ2) is 3.52. The Hall–Kier alpha value is -1.49. The number of carbonyl (C=O) groups is 2. The molecule has 0 atom stereocenters. The Morgan fingerprint density at radius 1 is 1.25 bits per heavy atom. The van der Waals surface area contributed by atoms with Crippen LogP contribution in [-0.2, 0) is 5.04 Å². The van der Waals surface area contributed by atoms with Gasteiger partial charge in [-0.1, -0.05) is 26.0 Å². The van der Waals surface area contributed by atoms with Crippen LogP contribution < -0.4 is 5.32 Å². The highest BCUT2D eigenvalue weighted by atomic mass is 28.3. The van der Waals surface area contributed by atoms with Crippen molar-refractivity contribution in [2.24, 2.45) is 0 Å². The van der Waals surface area contributed by atoms with Crippen molar-refractivity contribution >= 4 is 21.7 Å². The van der Waals surface area contributed by atoms with E-state index in [1.165, 1.54) is 0 Å². The van der Waals surface area contributed by atoms with Gasteiger partial charge in [-0.25, -0.2) is 0 Å². The molecule has 1 aliphatic heterocycles. The first-order valence-electron chi connectivity index (χ1n) is 4.84. The average molecular weight is 235 g/mol. The molecule has 1 heterocycles. The number of hydrogen-bond donors (Lipinski definition) is 1. The van der Waals surface area contributed by atoms with Gasteiger partial charge in [-0.2, -0.15) is 0 Å². The number of nitrogens with one attached hydrogen (secondary N) is 1. The zero-order valence-electron chi connectivity index (χ0n) is 8.93. The van der Waals surface area contributed by atoms with Crippen LogP contribution in [0.2, 0.25) is 0 Å². The van der Waals surface area contributed by atoms with E-state index in [1.807, 2.05) is 0 Å². The molecule has 0 saturated heterocycles. The van der Waals surface area contributed by atoms with Gasteiger partial charge < -0.3 is 4.11 Å². The average Bonchev–Trinajstić information content (AvgIpc) is 2.55. The predicted molar refractivity (Wildman–Crippen MR) is 58.1 cm³/mol. The molecule has 5 heteroatoms. The molecule has 3 nitrogen and oxygen atoms in total. The van der Waals surface area contributed by atoms with Crippen molar-refractivity contribution < 1.29 is 13.7 Å². The molecule has 2 radical (unpaired) electrons. The van der Waals surface area contributed by atoms with Crippen molar-refractivity contribution in [1.82, 2.24) is 5.32 Å².